The maximum atomic E-state index is 12.2. The predicted molar refractivity (Wildman–Crippen MR) is 76.9 cm³/mol. The summed E-state index contributed by atoms with van der Waals surface area (Å²) in [5.41, 5.74) is 2.86. The van der Waals surface area contributed by atoms with Crippen LogP contribution in [0, 0.1) is 19.8 Å². The second kappa shape index (κ2) is 5.94. The van der Waals surface area contributed by atoms with Gasteiger partial charge in [0, 0.05) is 18.8 Å². The van der Waals surface area contributed by atoms with Crippen LogP contribution in [0.15, 0.2) is 18.2 Å². The lowest BCUT2D eigenvalue weighted by atomic mass is 9.99. The van der Waals surface area contributed by atoms with Crippen molar-refractivity contribution in [1.82, 2.24) is 4.90 Å². The molecule has 1 atom stereocenters. The number of urea groups is 1. The molecule has 1 aliphatic rings. The number of anilines is 1. The molecule has 0 radical (unpaired) electrons. The van der Waals surface area contributed by atoms with Gasteiger partial charge < -0.3 is 15.3 Å². The molecule has 20 heavy (non-hydrogen) atoms. The number of aliphatic carboxylic acids is 1. The van der Waals surface area contributed by atoms with Crippen LogP contribution < -0.4 is 5.32 Å². The number of rotatable bonds is 2. The molecule has 1 saturated heterocycles. The molecule has 108 valence electrons. The Balaban J connectivity index is 2.04. The standard InChI is InChI=1S/C15H20N2O3/c1-10-5-6-11(2)13(8-10)16-15(20)17-7-3-4-12(9-17)14(18)19/h5-6,8,12H,3-4,7,9H2,1-2H3,(H,16,20)(H,18,19). The fraction of sp³-hybridized carbons (Fsp3) is 0.467. The van der Waals surface area contributed by atoms with Gasteiger partial charge in [0.1, 0.15) is 0 Å². The molecule has 1 unspecified atom stereocenters. The first-order chi connectivity index (χ1) is 9.47. The van der Waals surface area contributed by atoms with Crippen molar-refractivity contribution in [3.63, 3.8) is 0 Å². The van der Waals surface area contributed by atoms with Gasteiger partial charge in [0.15, 0.2) is 0 Å². The monoisotopic (exact) mass is 276 g/mol. The molecule has 1 heterocycles. The molecule has 2 amide bonds. The molecule has 0 spiro atoms. The van der Waals surface area contributed by atoms with E-state index < -0.39 is 11.9 Å². The van der Waals surface area contributed by atoms with Crippen molar-refractivity contribution in [2.45, 2.75) is 26.7 Å². The summed E-state index contributed by atoms with van der Waals surface area (Å²) in [4.78, 5) is 24.8. The van der Waals surface area contributed by atoms with E-state index in [1.165, 1.54) is 0 Å². The number of likely N-dealkylation sites (tertiary alicyclic amines) is 1. The Morgan fingerprint density at radius 3 is 2.80 bits per heavy atom. The topological polar surface area (TPSA) is 69.6 Å². The summed E-state index contributed by atoms with van der Waals surface area (Å²) < 4.78 is 0. The number of benzene rings is 1. The summed E-state index contributed by atoms with van der Waals surface area (Å²) in [6, 6.07) is 5.66. The van der Waals surface area contributed by atoms with E-state index in [-0.39, 0.29) is 12.6 Å². The second-order valence-electron chi connectivity index (χ2n) is 5.37. The number of carboxylic acid groups (broad SMARTS) is 1. The van der Waals surface area contributed by atoms with Crippen molar-refractivity contribution in [3.05, 3.63) is 29.3 Å². The van der Waals surface area contributed by atoms with Crippen molar-refractivity contribution >= 4 is 17.7 Å². The van der Waals surface area contributed by atoms with E-state index in [2.05, 4.69) is 5.32 Å². The average molecular weight is 276 g/mol. The zero-order valence-electron chi connectivity index (χ0n) is 11.8. The van der Waals surface area contributed by atoms with Gasteiger partial charge in [-0.15, -0.1) is 0 Å². The van der Waals surface area contributed by atoms with E-state index in [1.54, 1.807) is 4.90 Å². The minimum absolute atomic E-state index is 0.218. The summed E-state index contributed by atoms with van der Waals surface area (Å²) in [6.07, 6.45) is 1.37. The second-order valence-corrected chi connectivity index (χ2v) is 5.37. The molecule has 0 saturated carbocycles. The third-order valence-corrected chi connectivity index (χ3v) is 3.69. The Kier molecular flexibility index (Phi) is 4.27. The molecule has 5 nitrogen and oxygen atoms in total. The molecular weight excluding hydrogens is 256 g/mol. The number of piperidine rings is 1. The highest BCUT2D eigenvalue weighted by atomic mass is 16.4. The van der Waals surface area contributed by atoms with Gasteiger partial charge in [-0.25, -0.2) is 4.79 Å². The largest absolute Gasteiger partial charge is 0.481 e. The highest BCUT2D eigenvalue weighted by molar-refractivity contribution is 5.90. The van der Waals surface area contributed by atoms with E-state index in [1.807, 2.05) is 32.0 Å². The summed E-state index contributed by atoms with van der Waals surface area (Å²) in [6.45, 7) is 4.80. The minimum atomic E-state index is -0.825. The molecule has 1 fully saturated rings. The van der Waals surface area contributed by atoms with Crippen LogP contribution in [0.5, 0.6) is 0 Å². The van der Waals surface area contributed by atoms with Crippen molar-refractivity contribution in [1.29, 1.82) is 0 Å². The maximum absolute atomic E-state index is 12.2. The highest BCUT2D eigenvalue weighted by Crippen LogP contribution is 2.20. The zero-order valence-corrected chi connectivity index (χ0v) is 11.8. The molecule has 0 bridgehead atoms. The fourth-order valence-electron chi connectivity index (χ4n) is 2.43. The Hall–Kier alpha value is -2.04. The number of aryl methyl sites for hydroxylation is 2. The first kappa shape index (κ1) is 14.4. The van der Waals surface area contributed by atoms with Crippen molar-refractivity contribution in [2.24, 2.45) is 5.92 Å². The Labute approximate surface area is 118 Å². The lowest BCUT2D eigenvalue weighted by Gasteiger charge is -2.30. The molecule has 5 heteroatoms. The first-order valence-corrected chi connectivity index (χ1v) is 6.83. The number of carbonyl (C=O) groups excluding carboxylic acids is 1. The van der Waals surface area contributed by atoms with Crippen LogP contribution in [0.3, 0.4) is 0 Å². The van der Waals surface area contributed by atoms with Crippen LogP contribution in [-0.2, 0) is 4.79 Å². The van der Waals surface area contributed by atoms with Crippen LogP contribution in [0.1, 0.15) is 24.0 Å². The molecule has 1 aromatic carbocycles. The minimum Gasteiger partial charge on any atom is -0.481 e. The fourth-order valence-corrected chi connectivity index (χ4v) is 2.43. The Bertz CT molecular complexity index is 528. The van der Waals surface area contributed by atoms with Gasteiger partial charge in [0.05, 0.1) is 5.92 Å². The molecular formula is C15H20N2O3. The third kappa shape index (κ3) is 3.29. The van der Waals surface area contributed by atoms with Gasteiger partial charge in [-0.1, -0.05) is 12.1 Å². The quantitative estimate of drug-likeness (QED) is 0.872. The third-order valence-electron chi connectivity index (χ3n) is 3.69. The van der Waals surface area contributed by atoms with E-state index in [0.29, 0.717) is 13.0 Å². The van der Waals surface area contributed by atoms with Gasteiger partial charge in [-0.05, 0) is 43.9 Å². The summed E-state index contributed by atoms with van der Waals surface area (Å²) in [5.74, 6) is -1.28. The lowest BCUT2D eigenvalue weighted by Crippen LogP contribution is -2.44. The average Bonchev–Trinajstić information content (AvgIpc) is 2.43. The molecule has 0 aliphatic carbocycles. The predicted octanol–water partition coefficient (Wildman–Crippen LogP) is 2.63. The normalized spacial score (nSPS) is 18.7. The Morgan fingerprint density at radius 1 is 1.35 bits per heavy atom. The van der Waals surface area contributed by atoms with Crippen LogP contribution in [0.25, 0.3) is 0 Å². The molecule has 2 rings (SSSR count). The van der Waals surface area contributed by atoms with Gasteiger partial charge in [-0.2, -0.15) is 0 Å². The van der Waals surface area contributed by atoms with Crippen LogP contribution in [-0.4, -0.2) is 35.1 Å². The van der Waals surface area contributed by atoms with Crippen LogP contribution in [0.2, 0.25) is 0 Å². The van der Waals surface area contributed by atoms with Crippen molar-refractivity contribution < 1.29 is 14.7 Å². The van der Waals surface area contributed by atoms with Gasteiger partial charge in [0.2, 0.25) is 0 Å². The number of nitrogens with zero attached hydrogens (tertiary/aromatic N) is 1. The highest BCUT2D eigenvalue weighted by Gasteiger charge is 2.28. The van der Waals surface area contributed by atoms with Crippen molar-refractivity contribution in [3.8, 4) is 0 Å². The van der Waals surface area contributed by atoms with Crippen molar-refractivity contribution in [2.75, 3.05) is 18.4 Å². The number of carboxylic acids is 1. The first-order valence-electron chi connectivity index (χ1n) is 6.83. The smallest absolute Gasteiger partial charge is 0.321 e. The summed E-state index contributed by atoms with van der Waals surface area (Å²) in [5, 5.41) is 11.9. The Morgan fingerprint density at radius 2 is 2.10 bits per heavy atom. The molecule has 1 aliphatic heterocycles. The maximum Gasteiger partial charge on any atom is 0.321 e. The summed E-state index contributed by atoms with van der Waals surface area (Å²) in [7, 11) is 0. The van der Waals surface area contributed by atoms with E-state index in [4.69, 9.17) is 5.11 Å². The molecule has 0 aromatic heterocycles. The zero-order chi connectivity index (χ0) is 14.7. The number of carbonyl (C=O) groups is 2. The van der Waals surface area contributed by atoms with Crippen LogP contribution >= 0.6 is 0 Å². The SMILES string of the molecule is Cc1ccc(C)c(NC(=O)N2CCCC(C(=O)O)C2)c1. The summed E-state index contributed by atoms with van der Waals surface area (Å²) >= 11 is 0. The van der Waals surface area contributed by atoms with Gasteiger partial charge >= 0.3 is 12.0 Å². The van der Waals surface area contributed by atoms with Gasteiger partial charge in [0.25, 0.3) is 0 Å². The molecule has 1 aromatic rings. The van der Waals surface area contributed by atoms with Gasteiger partial charge in [-0.3, -0.25) is 4.79 Å². The number of nitrogens with one attached hydrogen (secondary N) is 1. The van der Waals surface area contributed by atoms with E-state index in [9.17, 15) is 9.59 Å². The number of hydrogen-bond donors (Lipinski definition) is 2. The lowest BCUT2D eigenvalue weighted by molar-refractivity contribution is -0.143. The number of hydrogen-bond acceptors (Lipinski definition) is 2. The van der Waals surface area contributed by atoms with Crippen LogP contribution in [0.4, 0.5) is 10.5 Å². The number of amides is 2. The molecule has 2 N–H and O–H groups in total. The van der Waals surface area contributed by atoms with E-state index in [0.717, 1.165) is 23.2 Å². The van der Waals surface area contributed by atoms with E-state index >= 15 is 0 Å².